The summed E-state index contributed by atoms with van der Waals surface area (Å²) in [7, 11) is 0. The Labute approximate surface area is 124 Å². The van der Waals surface area contributed by atoms with Crippen LogP contribution >= 0.6 is 0 Å². The van der Waals surface area contributed by atoms with E-state index in [1.54, 1.807) is 0 Å². The van der Waals surface area contributed by atoms with E-state index < -0.39 is 0 Å². The van der Waals surface area contributed by atoms with E-state index in [-0.39, 0.29) is 0 Å². The first kappa shape index (κ1) is 14.1. The highest BCUT2D eigenvalue weighted by Gasteiger charge is 2.14. The summed E-state index contributed by atoms with van der Waals surface area (Å²) in [6.07, 6.45) is 5.74. The molecule has 2 aromatic rings. The normalized spacial score (nSPS) is 18.6. The molecule has 1 aromatic heterocycles. The van der Waals surface area contributed by atoms with Crippen molar-refractivity contribution in [2.75, 3.05) is 6.54 Å². The average molecular weight is 287 g/mol. The molecule has 1 unspecified atom stereocenters. The van der Waals surface area contributed by atoms with Crippen molar-refractivity contribution in [2.24, 2.45) is 0 Å². The van der Waals surface area contributed by atoms with Gasteiger partial charge in [0, 0.05) is 12.5 Å². The molecule has 112 valence electrons. The van der Waals surface area contributed by atoms with Crippen molar-refractivity contribution in [1.82, 2.24) is 15.5 Å². The van der Waals surface area contributed by atoms with E-state index in [1.807, 2.05) is 30.3 Å². The molecule has 0 saturated carbocycles. The van der Waals surface area contributed by atoms with Gasteiger partial charge in [0.25, 0.3) is 0 Å². The number of hydrogen-bond acceptors (Lipinski definition) is 5. The van der Waals surface area contributed by atoms with Gasteiger partial charge in [0.15, 0.2) is 6.61 Å². The van der Waals surface area contributed by atoms with Crippen LogP contribution in [0.4, 0.5) is 0 Å². The number of nitrogens with zero attached hydrogens (tertiary/aromatic N) is 2. The van der Waals surface area contributed by atoms with Gasteiger partial charge in [-0.3, -0.25) is 0 Å². The molecule has 0 radical (unpaired) electrons. The lowest BCUT2D eigenvalue weighted by Crippen LogP contribution is -2.34. The standard InChI is InChI=1S/C16H21N3O2/c1-2-7-14(8-3-1)20-12-15-18-16(21-19-15)10-9-13-6-4-5-11-17-13/h1-3,7-8,13,17H,4-6,9-12H2. The fraction of sp³-hybridized carbons (Fsp3) is 0.500. The van der Waals surface area contributed by atoms with Crippen LogP contribution in [0.15, 0.2) is 34.9 Å². The second-order valence-electron chi connectivity index (χ2n) is 5.39. The topological polar surface area (TPSA) is 60.2 Å². The highest BCUT2D eigenvalue weighted by Crippen LogP contribution is 2.14. The van der Waals surface area contributed by atoms with Crippen LogP contribution in [-0.4, -0.2) is 22.7 Å². The Kier molecular flexibility index (Phi) is 4.84. The molecule has 21 heavy (non-hydrogen) atoms. The third kappa shape index (κ3) is 4.29. The Morgan fingerprint density at radius 1 is 1.24 bits per heavy atom. The van der Waals surface area contributed by atoms with Gasteiger partial charge in [-0.2, -0.15) is 4.98 Å². The molecule has 1 aromatic carbocycles. The molecule has 1 N–H and O–H groups in total. The number of benzene rings is 1. The molecule has 0 amide bonds. The average Bonchev–Trinajstić information content (AvgIpc) is 3.01. The monoisotopic (exact) mass is 287 g/mol. The minimum Gasteiger partial charge on any atom is -0.485 e. The summed E-state index contributed by atoms with van der Waals surface area (Å²) in [5, 5.41) is 7.49. The first-order valence-electron chi connectivity index (χ1n) is 7.63. The zero-order valence-corrected chi connectivity index (χ0v) is 12.1. The first-order valence-corrected chi connectivity index (χ1v) is 7.63. The summed E-state index contributed by atoms with van der Waals surface area (Å²) < 4.78 is 10.9. The van der Waals surface area contributed by atoms with Crippen molar-refractivity contribution in [3.05, 3.63) is 42.0 Å². The van der Waals surface area contributed by atoms with Gasteiger partial charge < -0.3 is 14.6 Å². The van der Waals surface area contributed by atoms with Crippen LogP contribution in [0.3, 0.4) is 0 Å². The Morgan fingerprint density at radius 3 is 2.95 bits per heavy atom. The maximum atomic E-state index is 5.60. The van der Waals surface area contributed by atoms with Crippen molar-refractivity contribution in [2.45, 2.75) is 44.8 Å². The molecule has 1 atom stereocenters. The Hall–Kier alpha value is -1.88. The summed E-state index contributed by atoms with van der Waals surface area (Å²) in [6.45, 7) is 1.47. The fourth-order valence-corrected chi connectivity index (χ4v) is 2.58. The molecule has 5 heteroatoms. The molecule has 5 nitrogen and oxygen atoms in total. The van der Waals surface area contributed by atoms with Crippen molar-refractivity contribution >= 4 is 0 Å². The van der Waals surface area contributed by atoms with Crippen LogP contribution in [0, 0.1) is 0 Å². The van der Waals surface area contributed by atoms with E-state index in [1.165, 1.54) is 19.3 Å². The molecule has 0 bridgehead atoms. The largest absolute Gasteiger partial charge is 0.485 e. The Morgan fingerprint density at radius 2 is 2.14 bits per heavy atom. The van der Waals surface area contributed by atoms with Crippen LogP contribution < -0.4 is 10.1 Å². The summed E-state index contributed by atoms with van der Waals surface area (Å²) in [5.41, 5.74) is 0. The molecular weight excluding hydrogens is 266 g/mol. The van der Waals surface area contributed by atoms with Gasteiger partial charge in [0.1, 0.15) is 5.75 Å². The van der Waals surface area contributed by atoms with E-state index in [4.69, 9.17) is 9.26 Å². The highest BCUT2D eigenvalue weighted by molar-refractivity contribution is 5.20. The van der Waals surface area contributed by atoms with E-state index in [2.05, 4.69) is 15.5 Å². The Bertz CT molecular complexity index is 535. The number of hydrogen-bond donors (Lipinski definition) is 1. The fourth-order valence-electron chi connectivity index (χ4n) is 2.58. The van der Waals surface area contributed by atoms with Crippen molar-refractivity contribution in [3.63, 3.8) is 0 Å². The van der Waals surface area contributed by atoms with Gasteiger partial charge in [-0.1, -0.05) is 29.8 Å². The number of rotatable bonds is 6. The summed E-state index contributed by atoms with van der Waals surface area (Å²) in [6, 6.07) is 10.3. The van der Waals surface area contributed by atoms with E-state index in [9.17, 15) is 0 Å². The number of piperidine rings is 1. The molecule has 0 spiro atoms. The first-order chi connectivity index (χ1) is 10.4. The molecule has 1 aliphatic heterocycles. The van der Waals surface area contributed by atoms with Gasteiger partial charge in [-0.05, 0) is 37.9 Å². The van der Waals surface area contributed by atoms with Crippen molar-refractivity contribution in [3.8, 4) is 5.75 Å². The van der Waals surface area contributed by atoms with Gasteiger partial charge in [-0.25, -0.2) is 0 Å². The zero-order chi connectivity index (χ0) is 14.3. The predicted octanol–water partition coefficient (Wildman–Crippen LogP) is 2.72. The lowest BCUT2D eigenvalue weighted by Gasteiger charge is -2.22. The maximum absolute atomic E-state index is 5.60. The molecule has 1 saturated heterocycles. The SMILES string of the molecule is c1ccc(OCc2noc(CCC3CCCCN3)n2)cc1. The van der Waals surface area contributed by atoms with Gasteiger partial charge in [-0.15, -0.1) is 0 Å². The molecular formula is C16H21N3O2. The van der Waals surface area contributed by atoms with Crippen molar-refractivity contribution in [1.29, 1.82) is 0 Å². The third-order valence-electron chi connectivity index (χ3n) is 3.74. The Balaban J connectivity index is 1.45. The smallest absolute Gasteiger partial charge is 0.226 e. The van der Waals surface area contributed by atoms with E-state index in [0.29, 0.717) is 24.4 Å². The molecule has 1 fully saturated rings. The lowest BCUT2D eigenvalue weighted by atomic mass is 10.0. The predicted molar refractivity (Wildman–Crippen MR) is 79.0 cm³/mol. The van der Waals surface area contributed by atoms with E-state index >= 15 is 0 Å². The van der Waals surface area contributed by atoms with Gasteiger partial charge in [0.2, 0.25) is 11.7 Å². The van der Waals surface area contributed by atoms with Crippen LogP contribution in [0.2, 0.25) is 0 Å². The summed E-state index contributed by atoms with van der Waals surface area (Å²) >= 11 is 0. The van der Waals surface area contributed by atoms with Crippen LogP contribution in [-0.2, 0) is 13.0 Å². The second kappa shape index (κ2) is 7.22. The summed E-state index contributed by atoms with van der Waals surface area (Å²) in [5.74, 6) is 2.12. The van der Waals surface area contributed by atoms with Crippen molar-refractivity contribution < 1.29 is 9.26 Å². The molecule has 1 aliphatic rings. The minimum absolute atomic E-state index is 0.342. The minimum atomic E-state index is 0.342. The zero-order valence-electron chi connectivity index (χ0n) is 12.1. The third-order valence-corrected chi connectivity index (χ3v) is 3.74. The van der Waals surface area contributed by atoms with E-state index in [0.717, 1.165) is 25.1 Å². The molecule has 0 aliphatic carbocycles. The summed E-state index contributed by atoms with van der Waals surface area (Å²) in [4.78, 5) is 4.38. The highest BCUT2D eigenvalue weighted by atomic mass is 16.5. The number of aryl methyl sites for hydroxylation is 1. The number of ether oxygens (including phenoxy) is 1. The molecule has 3 rings (SSSR count). The maximum Gasteiger partial charge on any atom is 0.226 e. The van der Waals surface area contributed by atoms with Crippen LogP contribution in [0.25, 0.3) is 0 Å². The number of aromatic nitrogens is 2. The molecule has 2 heterocycles. The van der Waals surface area contributed by atoms with Gasteiger partial charge >= 0.3 is 0 Å². The lowest BCUT2D eigenvalue weighted by molar-refractivity contribution is 0.284. The number of para-hydroxylation sites is 1. The second-order valence-corrected chi connectivity index (χ2v) is 5.39. The quantitative estimate of drug-likeness (QED) is 0.885. The van der Waals surface area contributed by atoms with Gasteiger partial charge in [0.05, 0.1) is 0 Å². The van der Waals surface area contributed by atoms with Crippen LogP contribution in [0.1, 0.15) is 37.4 Å². The van der Waals surface area contributed by atoms with Crippen LogP contribution in [0.5, 0.6) is 5.75 Å². The number of nitrogens with one attached hydrogen (secondary N) is 1.